The molecule has 194 valence electrons. The first-order valence-electron chi connectivity index (χ1n) is 12.3. The number of halogens is 4. The number of nitrogens with one attached hydrogen (secondary N) is 1. The number of hydrogen-bond donors (Lipinski definition) is 1. The van der Waals surface area contributed by atoms with Crippen molar-refractivity contribution in [3.8, 4) is 17.0 Å². The number of aromatic nitrogens is 2. The molecule has 0 unspecified atom stereocenters. The minimum Gasteiger partial charge on any atom is -0.496 e. The number of alkyl halides is 3. The van der Waals surface area contributed by atoms with Crippen molar-refractivity contribution < 1.29 is 22.7 Å². The van der Waals surface area contributed by atoms with Crippen molar-refractivity contribution in [3.63, 3.8) is 0 Å². The molecule has 3 rings (SSSR count). The number of aryl methyl sites for hydroxylation is 1. The molecule has 1 atom stereocenters. The second kappa shape index (κ2) is 11.7. The number of rotatable bonds is 9. The van der Waals surface area contributed by atoms with E-state index in [0.29, 0.717) is 41.6 Å². The highest BCUT2D eigenvalue weighted by molar-refractivity contribution is 6.36. The molecule has 1 N–H and O–H groups in total. The Hall–Kier alpha value is -2.22. The van der Waals surface area contributed by atoms with E-state index in [-0.39, 0.29) is 23.0 Å². The normalized spacial score (nSPS) is 19.4. The number of ether oxygens (including phenoxy) is 1. The van der Waals surface area contributed by atoms with Crippen molar-refractivity contribution >= 4 is 17.5 Å². The second-order valence-electron chi connectivity index (χ2n) is 9.75. The summed E-state index contributed by atoms with van der Waals surface area (Å²) in [6.45, 7) is 6.52. The second-order valence-corrected chi connectivity index (χ2v) is 10.1. The molecule has 1 fully saturated rings. The molecule has 9 heteroatoms. The first-order valence-corrected chi connectivity index (χ1v) is 12.7. The van der Waals surface area contributed by atoms with E-state index in [9.17, 15) is 18.0 Å². The van der Waals surface area contributed by atoms with E-state index in [1.807, 2.05) is 6.92 Å². The van der Waals surface area contributed by atoms with Crippen LogP contribution in [0.15, 0.2) is 18.2 Å². The van der Waals surface area contributed by atoms with Crippen molar-refractivity contribution in [2.24, 2.45) is 17.8 Å². The zero-order valence-electron chi connectivity index (χ0n) is 20.8. The van der Waals surface area contributed by atoms with Gasteiger partial charge in [-0.05, 0) is 55.2 Å². The smallest absolute Gasteiger partial charge is 0.391 e. The fraction of sp³-hybridized carbons (Fsp3) is 0.615. The zero-order valence-corrected chi connectivity index (χ0v) is 21.6. The molecule has 1 heterocycles. The molecule has 0 radical (unpaired) electrons. The van der Waals surface area contributed by atoms with Crippen LogP contribution in [0.1, 0.15) is 68.9 Å². The Morgan fingerprint density at radius 1 is 1.29 bits per heavy atom. The molecule has 1 saturated carbocycles. The molecule has 1 aliphatic carbocycles. The van der Waals surface area contributed by atoms with Gasteiger partial charge in [-0.1, -0.05) is 51.3 Å². The Balaban J connectivity index is 1.86. The molecule has 0 saturated heterocycles. The predicted molar refractivity (Wildman–Crippen MR) is 132 cm³/mol. The molecule has 0 bridgehead atoms. The molecule has 1 aromatic heterocycles. The summed E-state index contributed by atoms with van der Waals surface area (Å²) in [5, 5.41) is 7.70. The van der Waals surface area contributed by atoms with Gasteiger partial charge in [0.1, 0.15) is 5.75 Å². The summed E-state index contributed by atoms with van der Waals surface area (Å²) in [5.41, 5.74) is 1.77. The first-order chi connectivity index (χ1) is 16.5. The van der Waals surface area contributed by atoms with Gasteiger partial charge < -0.3 is 10.1 Å². The fourth-order valence-electron chi connectivity index (χ4n) is 4.60. The average molecular weight is 514 g/mol. The number of methoxy groups -OCH3 is 1. The van der Waals surface area contributed by atoms with Crippen molar-refractivity contribution in [2.45, 2.75) is 72.0 Å². The van der Waals surface area contributed by atoms with Gasteiger partial charge in [0.25, 0.3) is 5.91 Å². The average Bonchev–Trinajstić information content (AvgIpc) is 3.13. The highest BCUT2D eigenvalue weighted by Crippen LogP contribution is 2.39. The predicted octanol–water partition coefficient (Wildman–Crippen LogP) is 6.92. The Morgan fingerprint density at radius 3 is 2.57 bits per heavy atom. The van der Waals surface area contributed by atoms with Crippen LogP contribution in [-0.4, -0.2) is 35.5 Å². The van der Waals surface area contributed by atoms with Gasteiger partial charge >= 0.3 is 6.18 Å². The molecule has 1 aliphatic rings. The number of amides is 1. The molecular formula is C26H35ClF3N3O2. The van der Waals surface area contributed by atoms with Crippen LogP contribution in [0.3, 0.4) is 0 Å². The van der Waals surface area contributed by atoms with E-state index in [2.05, 4.69) is 17.3 Å². The van der Waals surface area contributed by atoms with Gasteiger partial charge in [0.2, 0.25) is 0 Å². The molecule has 2 aromatic rings. The summed E-state index contributed by atoms with van der Waals surface area (Å²) in [4.78, 5) is 13.0. The maximum atomic E-state index is 13.0. The van der Waals surface area contributed by atoms with Gasteiger partial charge in [-0.3, -0.25) is 9.48 Å². The molecule has 0 spiro atoms. The van der Waals surface area contributed by atoms with E-state index in [0.717, 1.165) is 32.1 Å². The van der Waals surface area contributed by atoms with Gasteiger partial charge in [-0.2, -0.15) is 18.3 Å². The van der Waals surface area contributed by atoms with Crippen LogP contribution < -0.4 is 10.1 Å². The van der Waals surface area contributed by atoms with Crippen molar-refractivity contribution in [1.29, 1.82) is 0 Å². The van der Waals surface area contributed by atoms with Gasteiger partial charge in [0, 0.05) is 18.7 Å². The molecule has 1 amide bonds. The van der Waals surface area contributed by atoms with E-state index in [1.165, 1.54) is 20.0 Å². The Kier molecular flexibility index (Phi) is 9.13. The Bertz CT molecular complexity index is 1010. The van der Waals surface area contributed by atoms with Gasteiger partial charge in [-0.15, -0.1) is 0 Å². The summed E-state index contributed by atoms with van der Waals surface area (Å²) < 4.78 is 46.3. The highest BCUT2D eigenvalue weighted by atomic mass is 35.5. The van der Waals surface area contributed by atoms with Crippen LogP contribution in [-0.2, 0) is 13.0 Å². The summed E-state index contributed by atoms with van der Waals surface area (Å²) in [5.74, 6) is -0.215. The maximum absolute atomic E-state index is 13.0. The van der Waals surface area contributed by atoms with Crippen LogP contribution >= 0.6 is 11.6 Å². The standard InChI is InChI=1S/C26H35ClF3N3O2/c1-5-12-33-24(20-11-10-19(14-21(20)35-4)13-17(3)26(28,29)30)22(27)23(32-33)25(34)31-15-18-8-6-16(2)7-9-18/h10-11,14,16-18H,5-9,12-13,15H2,1-4H3,(H,31,34)/t16?,17-,18?/m0/s1. The van der Waals surface area contributed by atoms with Crippen molar-refractivity contribution in [2.75, 3.05) is 13.7 Å². The van der Waals surface area contributed by atoms with Crippen LogP contribution in [0.5, 0.6) is 5.75 Å². The molecular weight excluding hydrogens is 479 g/mol. The van der Waals surface area contributed by atoms with Crippen LogP contribution in [0.2, 0.25) is 5.02 Å². The summed E-state index contributed by atoms with van der Waals surface area (Å²) in [6, 6.07) is 4.93. The van der Waals surface area contributed by atoms with Crippen LogP contribution in [0, 0.1) is 17.8 Å². The summed E-state index contributed by atoms with van der Waals surface area (Å²) in [6.07, 6.45) is 0.878. The third-order valence-corrected chi connectivity index (χ3v) is 7.21. The number of nitrogens with zero attached hydrogens (tertiary/aromatic N) is 2. The Morgan fingerprint density at radius 2 is 1.97 bits per heavy atom. The molecule has 0 aliphatic heterocycles. The lowest BCUT2D eigenvalue weighted by atomic mass is 9.83. The van der Waals surface area contributed by atoms with E-state index in [4.69, 9.17) is 16.3 Å². The van der Waals surface area contributed by atoms with Crippen molar-refractivity contribution in [3.05, 3.63) is 34.5 Å². The third-order valence-electron chi connectivity index (χ3n) is 6.85. The fourth-order valence-corrected chi connectivity index (χ4v) is 4.92. The van der Waals surface area contributed by atoms with Gasteiger partial charge in [-0.25, -0.2) is 0 Å². The van der Waals surface area contributed by atoms with E-state index >= 15 is 0 Å². The number of benzene rings is 1. The SMILES string of the molecule is CCCn1nc(C(=O)NCC2CCC(C)CC2)c(Cl)c1-c1ccc(C[C@H](C)C(F)(F)F)cc1OC. The number of carbonyl (C=O) groups is 1. The largest absolute Gasteiger partial charge is 0.496 e. The maximum Gasteiger partial charge on any atom is 0.391 e. The lowest BCUT2D eigenvalue weighted by Gasteiger charge is -2.26. The summed E-state index contributed by atoms with van der Waals surface area (Å²) >= 11 is 6.70. The molecule has 1 aromatic carbocycles. The quantitative estimate of drug-likeness (QED) is 0.396. The van der Waals surface area contributed by atoms with E-state index in [1.54, 1.807) is 22.9 Å². The van der Waals surface area contributed by atoms with Crippen LogP contribution in [0.25, 0.3) is 11.3 Å². The van der Waals surface area contributed by atoms with Crippen molar-refractivity contribution in [1.82, 2.24) is 15.1 Å². The number of hydrogen-bond acceptors (Lipinski definition) is 3. The first kappa shape index (κ1) is 27.4. The highest BCUT2D eigenvalue weighted by Gasteiger charge is 2.36. The Labute approximate surface area is 210 Å². The third kappa shape index (κ3) is 6.72. The lowest BCUT2D eigenvalue weighted by Crippen LogP contribution is -2.31. The minimum absolute atomic E-state index is 0.149. The van der Waals surface area contributed by atoms with Gasteiger partial charge in [0.05, 0.1) is 23.7 Å². The molecule has 5 nitrogen and oxygen atoms in total. The van der Waals surface area contributed by atoms with Gasteiger partial charge in [0.15, 0.2) is 5.69 Å². The molecule has 35 heavy (non-hydrogen) atoms. The number of carbonyl (C=O) groups excluding carboxylic acids is 1. The monoisotopic (exact) mass is 513 g/mol. The van der Waals surface area contributed by atoms with Crippen LogP contribution in [0.4, 0.5) is 13.2 Å². The topological polar surface area (TPSA) is 56.2 Å². The van der Waals surface area contributed by atoms with E-state index < -0.39 is 12.1 Å². The minimum atomic E-state index is -4.27. The summed E-state index contributed by atoms with van der Waals surface area (Å²) in [7, 11) is 1.46. The zero-order chi connectivity index (χ0) is 25.8. The lowest BCUT2D eigenvalue weighted by molar-refractivity contribution is -0.169.